The topological polar surface area (TPSA) is 41.3 Å². The number of nitrogens with one attached hydrogen (secondary N) is 1. The van der Waals surface area contributed by atoms with Crippen molar-refractivity contribution in [1.82, 2.24) is 10.2 Å². The summed E-state index contributed by atoms with van der Waals surface area (Å²) in [6.45, 7) is 4.64. The zero-order chi connectivity index (χ0) is 10.3. The van der Waals surface area contributed by atoms with Crippen LogP contribution < -0.4 is 11.1 Å². The number of piperidine rings is 1. The van der Waals surface area contributed by atoms with Crippen LogP contribution in [0.15, 0.2) is 0 Å². The Kier molecular flexibility index (Phi) is 2.82. The van der Waals surface area contributed by atoms with Gasteiger partial charge in [0, 0.05) is 12.1 Å². The maximum absolute atomic E-state index is 6.11. The largest absolute Gasteiger partial charge is 0.303 e. The standard InChI is InChI=1S/C11H23N3/c1-7(2)10-8-4-5-9(6-8)14(10)11(12)13-3/h7-11,13H,4-6,12H2,1-3H3. The second-order valence-electron chi connectivity index (χ2n) is 5.14. The van der Waals surface area contributed by atoms with Gasteiger partial charge in [-0.05, 0) is 38.1 Å². The van der Waals surface area contributed by atoms with Crippen LogP contribution in [0.2, 0.25) is 0 Å². The molecular weight excluding hydrogens is 174 g/mol. The average Bonchev–Trinajstić information content (AvgIpc) is 2.74. The van der Waals surface area contributed by atoms with Gasteiger partial charge in [0.05, 0.1) is 0 Å². The molecule has 3 heteroatoms. The Morgan fingerprint density at radius 2 is 2.07 bits per heavy atom. The summed E-state index contributed by atoms with van der Waals surface area (Å²) >= 11 is 0. The molecule has 2 bridgehead atoms. The summed E-state index contributed by atoms with van der Waals surface area (Å²) in [7, 11) is 1.95. The van der Waals surface area contributed by atoms with Crippen LogP contribution in [-0.4, -0.2) is 30.3 Å². The van der Waals surface area contributed by atoms with Crippen LogP contribution in [0.25, 0.3) is 0 Å². The second-order valence-corrected chi connectivity index (χ2v) is 5.14. The lowest BCUT2D eigenvalue weighted by Crippen LogP contribution is -2.58. The molecule has 1 aliphatic carbocycles. The van der Waals surface area contributed by atoms with E-state index < -0.39 is 0 Å². The third-order valence-corrected chi connectivity index (χ3v) is 3.99. The quantitative estimate of drug-likeness (QED) is 0.662. The SMILES string of the molecule is CNC(N)N1C2CCC(C2)C1C(C)C. The third kappa shape index (κ3) is 1.47. The first-order chi connectivity index (χ1) is 6.65. The van der Waals surface area contributed by atoms with Crippen molar-refractivity contribution >= 4 is 0 Å². The normalized spacial score (nSPS) is 39.6. The number of nitrogens with zero attached hydrogens (tertiary/aromatic N) is 1. The minimum atomic E-state index is 0.0534. The maximum atomic E-state index is 6.11. The molecule has 1 saturated heterocycles. The highest BCUT2D eigenvalue weighted by atomic mass is 15.4. The number of likely N-dealkylation sites (tertiary alicyclic amines) is 1. The van der Waals surface area contributed by atoms with E-state index in [1.165, 1.54) is 19.3 Å². The predicted octanol–water partition coefficient (Wildman–Crippen LogP) is 0.957. The zero-order valence-corrected chi connectivity index (χ0v) is 9.53. The molecule has 0 aromatic carbocycles. The smallest absolute Gasteiger partial charge is 0.112 e. The molecule has 14 heavy (non-hydrogen) atoms. The first-order valence-corrected chi connectivity index (χ1v) is 5.85. The van der Waals surface area contributed by atoms with Gasteiger partial charge in [-0.1, -0.05) is 13.8 Å². The number of hydrogen-bond donors (Lipinski definition) is 2. The fourth-order valence-corrected chi connectivity index (χ4v) is 3.51. The minimum absolute atomic E-state index is 0.0534. The molecule has 0 aromatic heterocycles. The van der Waals surface area contributed by atoms with E-state index in [0.717, 1.165) is 17.9 Å². The van der Waals surface area contributed by atoms with Gasteiger partial charge in [0.15, 0.2) is 0 Å². The Morgan fingerprint density at radius 1 is 1.36 bits per heavy atom. The van der Waals surface area contributed by atoms with Gasteiger partial charge >= 0.3 is 0 Å². The van der Waals surface area contributed by atoms with Crippen molar-refractivity contribution in [3.8, 4) is 0 Å². The number of hydrogen-bond acceptors (Lipinski definition) is 3. The molecule has 1 heterocycles. The fraction of sp³-hybridized carbons (Fsp3) is 1.00. The summed E-state index contributed by atoms with van der Waals surface area (Å²) in [5.74, 6) is 1.63. The van der Waals surface area contributed by atoms with Crippen LogP contribution in [0.3, 0.4) is 0 Å². The van der Waals surface area contributed by atoms with Crippen molar-refractivity contribution < 1.29 is 0 Å². The lowest BCUT2D eigenvalue weighted by Gasteiger charge is -2.41. The van der Waals surface area contributed by atoms with Crippen LogP contribution in [0.5, 0.6) is 0 Å². The molecule has 3 nitrogen and oxygen atoms in total. The monoisotopic (exact) mass is 197 g/mol. The highest BCUT2D eigenvalue weighted by molar-refractivity contribution is 5.01. The van der Waals surface area contributed by atoms with Crippen LogP contribution in [-0.2, 0) is 0 Å². The Balaban J connectivity index is 2.13. The lowest BCUT2D eigenvalue weighted by atomic mass is 9.89. The van der Waals surface area contributed by atoms with E-state index >= 15 is 0 Å². The van der Waals surface area contributed by atoms with Crippen molar-refractivity contribution in [2.75, 3.05) is 7.05 Å². The van der Waals surface area contributed by atoms with Crippen molar-refractivity contribution in [3.05, 3.63) is 0 Å². The second kappa shape index (κ2) is 3.80. The third-order valence-electron chi connectivity index (χ3n) is 3.99. The first kappa shape index (κ1) is 10.4. The van der Waals surface area contributed by atoms with Crippen molar-refractivity contribution in [2.45, 2.75) is 51.5 Å². The van der Waals surface area contributed by atoms with Crippen LogP contribution >= 0.6 is 0 Å². The summed E-state index contributed by atoms with van der Waals surface area (Å²) in [6.07, 6.45) is 4.19. The Labute approximate surface area is 87.0 Å². The summed E-state index contributed by atoms with van der Waals surface area (Å²) in [6, 6.07) is 1.45. The first-order valence-electron chi connectivity index (χ1n) is 5.85. The average molecular weight is 197 g/mol. The number of nitrogens with two attached hydrogens (primary N) is 1. The van der Waals surface area contributed by atoms with Gasteiger partial charge in [0.2, 0.25) is 0 Å². The van der Waals surface area contributed by atoms with Gasteiger partial charge < -0.3 is 5.73 Å². The summed E-state index contributed by atoms with van der Waals surface area (Å²) in [4.78, 5) is 2.51. The Hall–Kier alpha value is -0.120. The van der Waals surface area contributed by atoms with E-state index in [9.17, 15) is 0 Å². The lowest BCUT2D eigenvalue weighted by molar-refractivity contribution is 0.0490. The molecule has 82 valence electrons. The van der Waals surface area contributed by atoms with E-state index in [1.807, 2.05) is 7.05 Å². The van der Waals surface area contributed by atoms with Crippen molar-refractivity contribution in [2.24, 2.45) is 17.6 Å². The van der Waals surface area contributed by atoms with Gasteiger partial charge in [-0.2, -0.15) is 0 Å². The highest BCUT2D eigenvalue weighted by Gasteiger charge is 2.48. The minimum Gasteiger partial charge on any atom is -0.303 e. The fourth-order valence-electron chi connectivity index (χ4n) is 3.51. The molecule has 0 spiro atoms. The van der Waals surface area contributed by atoms with Gasteiger partial charge in [-0.3, -0.25) is 10.2 Å². The highest BCUT2D eigenvalue weighted by Crippen LogP contribution is 2.45. The molecule has 0 radical (unpaired) electrons. The Morgan fingerprint density at radius 3 is 2.64 bits per heavy atom. The summed E-state index contributed by atoms with van der Waals surface area (Å²) in [5, 5.41) is 3.18. The molecule has 0 amide bonds. The van der Waals surface area contributed by atoms with Gasteiger partial charge in [0.25, 0.3) is 0 Å². The maximum Gasteiger partial charge on any atom is 0.112 e. The van der Waals surface area contributed by atoms with Gasteiger partial charge in [-0.25, -0.2) is 0 Å². The van der Waals surface area contributed by atoms with E-state index in [4.69, 9.17) is 5.73 Å². The van der Waals surface area contributed by atoms with Crippen LogP contribution in [0, 0.1) is 11.8 Å². The molecule has 0 aromatic rings. The molecule has 2 rings (SSSR count). The summed E-state index contributed by atoms with van der Waals surface area (Å²) < 4.78 is 0. The van der Waals surface area contributed by atoms with Crippen molar-refractivity contribution in [1.29, 1.82) is 0 Å². The van der Waals surface area contributed by atoms with Gasteiger partial charge in [-0.15, -0.1) is 0 Å². The summed E-state index contributed by atoms with van der Waals surface area (Å²) in [5.41, 5.74) is 6.11. The Bertz CT molecular complexity index is 205. The molecular formula is C11H23N3. The predicted molar refractivity (Wildman–Crippen MR) is 58.6 cm³/mol. The molecule has 3 N–H and O–H groups in total. The van der Waals surface area contributed by atoms with E-state index in [-0.39, 0.29) is 6.29 Å². The van der Waals surface area contributed by atoms with Crippen molar-refractivity contribution in [3.63, 3.8) is 0 Å². The van der Waals surface area contributed by atoms with E-state index in [1.54, 1.807) is 0 Å². The van der Waals surface area contributed by atoms with E-state index in [2.05, 4.69) is 24.1 Å². The number of fused-ring (bicyclic) bond motifs is 2. The van der Waals surface area contributed by atoms with Gasteiger partial charge in [0.1, 0.15) is 6.29 Å². The number of rotatable bonds is 3. The molecule has 1 saturated carbocycles. The molecule has 4 atom stereocenters. The molecule has 1 aliphatic heterocycles. The van der Waals surface area contributed by atoms with Crippen LogP contribution in [0.4, 0.5) is 0 Å². The molecule has 2 aliphatic rings. The zero-order valence-electron chi connectivity index (χ0n) is 9.53. The van der Waals surface area contributed by atoms with Crippen LogP contribution in [0.1, 0.15) is 33.1 Å². The van der Waals surface area contributed by atoms with E-state index in [0.29, 0.717) is 6.04 Å². The molecule has 2 fully saturated rings. The molecule has 4 unspecified atom stereocenters.